The molecule has 26 heavy (non-hydrogen) atoms. The van der Waals surface area contributed by atoms with Gasteiger partial charge in [-0.1, -0.05) is 24.2 Å². The van der Waals surface area contributed by atoms with Crippen LogP contribution in [0.4, 0.5) is 0 Å². The Bertz CT molecular complexity index is 660. The summed E-state index contributed by atoms with van der Waals surface area (Å²) in [5.74, 6) is 3.34. The molecule has 142 valence electrons. The van der Waals surface area contributed by atoms with E-state index in [2.05, 4.69) is 53.2 Å². The Hall–Kier alpha value is -1.88. The van der Waals surface area contributed by atoms with Crippen molar-refractivity contribution in [2.75, 3.05) is 20.2 Å². The fourth-order valence-corrected chi connectivity index (χ4v) is 3.71. The topological polar surface area (TPSA) is 51.4 Å². The molecule has 1 aromatic carbocycles. The van der Waals surface area contributed by atoms with E-state index in [9.17, 15) is 0 Å². The van der Waals surface area contributed by atoms with E-state index in [0.717, 1.165) is 55.7 Å². The molecular formula is C21H31N3O2. The maximum Gasteiger partial charge on any atom is 0.243 e. The molecule has 0 radical (unpaired) electrons. The predicted octanol–water partition coefficient (Wildman–Crippen LogP) is 4.44. The molecular weight excluding hydrogens is 326 g/mol. The first-order valence-electron chi connectivity index (χ1n) is 9.89. The maximum absolute atomic E-state index is 5.47. The lowest BCUT2D eigenvalue weighted by molar-refractivity contribution is 0.117. The summed E-state index contributed by atoms with van der Waals surface area (Å²) in [5.41, 5.74) is 1.40. The first-order chi connectivity index (χ1) is 12.7. The van der Waals surface area contributed by atoms with Crippen LogP contribution in [0, 0.1) is 5.92 Å². The number of benzene rings is 1. The molecule has 1 unspecified atom stereocenters. The standard InChI is InChI=1S/C21H31N3O2/c1-4-5-20-22-21(26-23-20)16(2)24-14-12-18(13-15-24)7-6-17-8-10-19(25-3)11-9-17/h8-11,16,18H,4-7,12-15H2,1-3H3. The monoisotopic (exact) mass is 357 g/mol. The Kier molecular flexibility index (Phi) is 6.67. The summed E-state index contributed by atoms with van der Waals surface area (Å²) >= 11 is 0. The summed E-state index contributed by atoms with van der Waals surface area (Å²) in [6, 6.07) is 8.68. The average Bonchev–Trinajstić information content (AvgIpc) is 3.15. The van der Waals surface area contributed by atoms with Gasteiger partial charge >= 0.3 is 0 Å². The van der Waals surface area contributed by atoms with Gasteiger partial charge in [0.2, 0.25) is 5.89 Å². The minimum absolute atomic E-state index is 0.218. The van der Waals surface area contributed by atoms with Crippen LogP contribution in [0.15, 0.2) is 28.8 Å². The number of likely N-dealkylation sites (tertiary alicyclic amines) is 1. The molecule has 1 aromatic heterocycles. The molecule has 3 rings (SSSR count). The number of piperidine rings is 1. The van der Waals surface area contributed by atoms with Gasteiger partial charge in [-0.15, -0.1) is 0 Å². The fourth-order valence-electron chi connectivity index (χ4n) is 3.71. The molecule has 0 aliphatic carbocycles. The second-order valence-corrected chi connectivity index (χ2v) is 7.34. The van der Waals surface area contributed by atoms with Crippen molar-refractivity contribution in [1.82, 2.24) is 15.0 Å². The van der Waals surface area contributed by atoms with Crippen LogP contribution in [0.25, 0.3) is 0 Å². The van der Waals surface area contributed by atoms with E-state index in [1.807, 2.05) is 0 Å². The van der Waals surface area contributed by atoms with Crippen molar-refractivity contribution in [3.8, 4) is 5.75 Å². The van der Waals surface area contributed by atoms with E-state index in [4.69, 9.17) is 9.26 Å². The summed E-state index contributed by atoms with van der Waals surface area (Å²) in [5, 5.41) is 4.09. The highest BCUT2D eigenvalue weighted by atomic mass is 16.5. The summed E-state index contributed by atoms with van der Waals surface area (Å²) in [6.45, 7) is 6.54. The van der Waals surface area contributed by atoms with Gasteiger partial charge in [-0.05, 0) is 75.7 Å². The van der Waals surface area contributed by atoms with E-state index in [-0.39, 0.29) is 6.04 Å². The molecule has 1 aliphatic rings. The third-order valence-electron chi connectivity index (χ3n) is 5.51. The second-order valence-electron chi connectivity index (χ2n) is 7.34. The van der Waals surface area contributed by atoms with Crippen molar-refractivity contribution < 1.29 is 9.26 Å². The number of rotatable bonds is 8. The Morgan fingerprint density at radius 3 is 2.58 bits per heavy atom. The normalized spacial score (nSPS) is 17.3. The number of aromatic nitrogens is 2. The van der Waals surface area contributed by atoms with Crippen molar-refractivity contribution in [3.05, 3.63) is 41.5 Å². The summed E-state index contributed by atoms with van der Waals surface area (Å²) < 4.78 is 10.7. The Labute approximate surface area is 156 Å². The SMILES string of the molecule is CCCc1noc(C(C)N2CCC(CCc3ccc(OC)cc3)CC2)n1. The number of aryl methyl sites for hydroxylation is 2. The van der Waals surface area contributed by atoms with Gasteiger partial charge in [0.15, 0.2) is 5.82 Å². The molecule has 1 fully saturated rings. The minimum Gasteiger partial charge on any atom is -0.497 e. The lowest BCUT2D eigenvalue weighted by atomic mass is 9.90. The quantitative estimate of drug-likeness (QED) is 0.699. The molecule has 1 aliphatic heterocycles. The average molecular weight is 357 g/mol. The van der Waals surface area contributed by atoms with Crippen molar-refractivity contribution in [2.45, 2.75) is 58.4 Å². The van der Waals surface area contributed by atoms with Crippen LogP contribution in [-0.4, -0.2) is 35.2 Å². The molecule has 2 heterocycles. The van der Waals surface area contributed by atoms with Crippen LogP contribution in [0.2, 0.25) is 0 Å². The van der Waals surface area contributed by atoms with Gasteiger partial charge in [0.05, 0.1) is 13.2 Å². The summed E-state index contributed by atoms with van der Waals surface area (Å²) in [6.07, 6.45) is 6.84. The van der Waals surface area contributed by atoms with E-state index < -0.39 is 0 Å². The van der Waals surface area contributed by atoms with E-state index >= 15 is 0 Å². The van der Waals surface area contributed by atoms with Gasteiger partial charge in [-0.3, -0.25) is 4.90 Å². The lowest BCUT2D eigenvalue weighted by Gasteiger charge is -2.34. The van der Waals surface area contributed by atoms with Gasteiger partial charge in [0.1, 0.15) is 5.75 Å². The molecule has 5 heteroatoms. The van der Waals surface area contributed by atoms with Gasteiger partial charge in [0.25, 0.3) is 0 Å². The zero-order chi connectivity index (χ0) is 18.4. The smallest absolute Gasteiger partial charge is 0.243 e. The molecule has 0 N–H and O–H groups in total. The number of hydrogen-bond acceptors (Lipinski definition) is 5. The Morgan fingerprint density at radius 2 is 1.92 bits per heavy atom. The highest BCUT2D eigenvalue weighted by Crippen LogP contribution is 2.28. The van der Waals surface area contributed by atoms with Crippen LogP contribution in [-0.2, 0) is 12.8 Å². The molecule has 2 aromatic rings. The van der Waals surface area contributed by atoms with Gasteiger partial charge in [-0.25, -0.2) is 0 Å². The molecule has 5 nitrogen and oxygen atoms in total. The predicted molar refractivity (Wildman–Crippen MR) is 102 cm³/mol. The van der Waals surface area contributed by atoms with Gasteiger partial charge in [-0.2, -0.15) is 4.98 Å². The highest BCUT2D eigenvalue weighted by Gasteiger charge is 2.26. The largest absolute Gasteiger partial charge is 0.497 e. The number of hydrogen-bond donors (Lipinski definition) is 0. The molecule has 0 saturated carbocycles. The summed E-state index contributed by atoms with van der Waals surface area (Å²) in [7, 11) is 1.71. The van der Waals surface area contributed by atoms with Gasteiger partial charge < -0.3 is 9.26 Å². The van der Waals surface area contributed by atoms with Gasteiger partial charge in [0, 0.05) is 6.42 Å². The molecule has 0 spiro atoms. The van der Waals surface area contributed by atoms with E-state index in [0.29, 0.717) is 0 Å². The molecule has 0 amide bonds. The zero-order valence-corrected chi connectivity index (χ0v) is 16.3. The van der Waals surface area contributed by atoms with Crippen molar-refractivity contribution in [3.63, 3.8) is 0 Å². The number of methoxy groups -OCH3 is 1. The first-order valence-corrected chi connectivity index (χ1v) is 9.89. The first kappa shape index (κ1) is 18.9. The van der Waals surface area contributed by atoms with E-state index in [1.165, 1.54) is 24.8 Å². The third-order valence-corrected chi connectivity index (χ3v) is 5.51. The van der Waals surface area contributed by atoms with Crippen LogP contribution >= 0.6 is 0 Å². The van der Waals surface area contributed by atoms with Crippen molar-refractivity contribution >= 4 is 0 Å². The lowest BCUT2D eigenvalue weighted by Crippen LogP contribution is -2.36. The van der Waals surface area contributed by atoms with Crippen LogP contribution in [0.5, 0.6) is 5.75 Å². The molecule has 0 bridgehead atoms. The number of ether oxygens (including phenoxy) is 1. The Morgan fingerprint density at radius 1 is 1.19 bits per heavy atom. The van der Waals surface area contributed by atoms with Crippen LogP contribution in [0.3, 0.4) is 0 Å². The van der Waals surface area contributed by atoms with Crippen LogP contribution < -0.4 is 4.74 Å². The van der Waals surface area contributed by atoms with E-state index in [1.54, 1.807) is 7.11 Å². The van der Waals surface area contributed by atoms with Crippen LogP contribution in [0.1, 0.15) is 62.9 Å². The third kappa shape index (κ3) is 4.85. The molecule has 1 atom stereocenters. The fraction of sp³-hybridized carbons (Fsp3) is 0.619. The minimum atomic E-state index is 0.218. The second kappa shape index (κ2) is 9.17. The van der Waals surface area contributed by atoms with Crippen molar-refractivity contribution in [1.29, 1.82) is 0 Å². The maximum atomic E-state index is 5.47. The Balaban J connectivity index is 1.44. The highest BCUT2D eigenvalue weighted by molar-refractivity contribution is 5.27. The number of nitrogens with zero attached hydrogens (tertiary/aromatic N) is 3. The summed E-state index contributed by atoms with van der Waals surface area (Å²) in [4.78, 5) is 7.03. The van der Waals surface area contributed by atoms with Crippen molar-refractivity contribution in [2.24, 2.45) is 5.92 Å². The molecule has 1 saturated heterocycles. The zero-order valence-electron chi connectivity index (χ0n) is 16.3.